The maximum absolute atomic E-state index is 8.52. The quantitative estimate of drug-likeness (QED) is 0.805. The largest absolute Gasteiger partial charge is 0.369 e. The summed E-state index contributed by atoms with van der Waals surface area (Å²) in [7, 11) is 1.97. The molecule has 2 aromatic heterocycles. The molecule has 0 fully saturated rings. The smallest absolute Gasteiger partial charge is 0.134 e. The Balaban J connectivity index is 2.01. The van der Waals surface area contributed by atoms with Gasteiger partial charge in [0.2, 0.25) is 0 Å². The number of rotatable bonds is 6. The Kier molecular flexibility index (Phi) is 4.84. The zero-order chi connectivity index (χ0) is 14.2. The van der Waals surface area contributed by atoms with Gasteiger partial charge in [-0.3, -0.25) is 4.98 Å². The summed E-state index contributed by atoms with van der Waals surface area (Å²) in [4.78, 5) is 14.4. The van der Waals surface area contributed by atoms with E-state index < -0.39 is 0 Å². The monoisotopic (exact) mass is 268 g/mol. The minimum Gasteiger partial charge on any atom is -0.369 e. The van der Waals surface area contributed by atoms with E-state index in [1.165, 1.54) is 11.9 Å². The lowest BCUT2D eigenvalue weighted by molar-refractivity contribution is 0.887. The maximum atomic E-state index is 8.52. The van der Waals surface area contributed by atoms with Crippen LogP contribution in [0.25, 0.3) is 0 Å². The molecule has 0 bridgehead atoms. The normalized spacial score (nSPS) is 9.80. The second kappa shape index (κ2) is 7.04. The average molecular weight is 268 g/mol. The van der Waals surface area contributed by atoms with Crippen LogP contribution in [0.4, 0.5) is 11.6 Å². The van der Waals surface area contributed by atoms with Gasteiger partial charge in [0.25, 0.3) is 0 Å². The van der Waals surface area contributed by atoms with Crippen molar-refractivity contribution in [2.24, 2.45) is 0 Å². The van der Waals surface area contributed by atoms with Gasteiger partial charge < -0.3 is 10.2 Å². The molecule has 0 aromatic carbocycles. The Labute approximate surface area is 118 Å². The Morgan fingerprint density at radius 1 is 1.30 bits per heavy atom. The number of aromatic nitrogens is 3. The molecule has 102 valence electrons. The van der Waals surface area contributed by atoms with E-state index in [9.17, 15) is 0 Å². The number of nitriles is 1. The van der Waals surface area contributed by atoms with Crippen molar-refractivity contribution in [3.05, 3.63) is 42.5 Å². The highest BCUT2D eigenvalue weighted by Crippen LogP contribution is 2.15. The Morgan fingerprint density at radius 2 is 2.10 bits per heavy atom. The lowest BCUT2D eigenvalue weighted by Gasteiger charge is -2.18. The molecule has 1 N–H and O–H groups in total. The molecule has 2 rings (SSSR count). The molecular weight excluding hydrogens is 252 g/mol. The third-order valence-corrected chi connectivity index (χ3v) is 2.76. The SMILES string of the molecule is CN(Cc1ccncc1)c1cc(NCCC#N)ncn1. The number of pyridine rings is 1. The first kappa shape index (κ1) is 13.7. The first-order chi connectivity index (χ1) is 9.79. The molecule has 0 radical (unpaired) electrons. The van der Waals surface area contributed by atoms with E-state index in [-0.39, 0.29) is 0 Å². The predicted octanol–water partition coefficient (Wildman–Crippen LogP) is 1.83. The molecule has 6 heteroatoms. The molecule has 0 aliphatic heterocycles. The molecule has 0 amide bonds. The minimum absolute atomic E-state index is 0.451. The van der Waals surface area contributed by atoms with E-state index in [4.69, 9.17) is 5.26 Å². The van der Waals surface area contributed by atoms with Crippen LogP contribution in [0.3, 0.4) is 0 Å². The van der Waals surface area contributed by atoms with E-state index in [1.807, 2.05) is 30.1 Å². The van der Waals surface area contributed by atoms with Crippen LogP contribution < -0.4 is 10.2 Å². The van der Waals surface area contributed by atoms with Crippen LogP contribution in [0.15, 0.2) is 36.9 Å². The molecule has 0 unspecified atom stereocenters. The summed E-state index contributed by atoms with van der Waals surface area (Å²) < 4.78 is 0. The fourth-order valence-corrected chi connectivity index (χ4v) is 1.74. The number of nitrogens with zero attached hydrogens (tertiary/aromatic N) is 5. The van der Waals surface area contributed by atoms with Gasteiger partial charge in [-0.2, -0.15) is 5.26 Å². The van der Waals surface area contributed by atoms with Gasteiger partial charge in [-0.1, -0.05) is 0 Å². The highest BCUT2D eigenvalue weighted by atomic mass is 15.2. The number of hydrogen-bond donors (Lipinski definition) is 1. The second-order valence-electron chi connectivity index (χ2n) is 4.31. The highest BCUT2D eigenvalue weighted by Gasteiger charge is 2.05. The average Bonchev–Trinajstić information content (AvgIpc) is 2.49. The molecule has 0 saturated carbocycles. The lowest BCUT2D eigenvalue weighted by Crippen LogP contribution is -2.18. The van der Waals surface area contributed by atoms with Crippen LogP contribution in [-0.4, -0.2) is 28.5 Å². The minimum atomic E-state index is 0.451. The topological polar surface area (TPSA) is 77.7 Å². The van der Waals surface area contributed by atoms with Gasteiger partial charge in [-0.05, 0) is 17.7 Å². The van der Waals surface area contributed by atoms with Crippen LogP contribution in [0, 0.1) is 11.3 Å². The van der Waals surface area contributed by atoms with Gasteiger partial charge in [0.1, 0.15) is 18.0 Å². The van der Waals surface area contributed by atoms with Gasteiger partial charge in [-0.15, -0.1) is 0 Å². The van der Waals surface area contributed by atoms with E-state index in [0.29, 0.717) is 13.0 Å². The summed E-state index contributed by atoms with van der Waals surface area (Å²) in [6.45, 7) is 1.33. The van der Waals surface area contributed by atoms with Crippen molar-refractivity contribution in [2.75, 3.05) is 23.8 Å². The Morgan fingerprint density at radius 3 is 2.85 bits per heavy atom. The van der Waals surface area contributed by atoms with E-state index in [0.717, 1.165) is 18.2 Å². The molecule has 20 heavy (non-hydrogen) atoms. The third-order valence-electron chi connectivity index (χ3n) is 2.76. The van der Waals surface area contributed by atoms with Crippen molar-refractivity contribution in [3.8, 4) is 6.07 Å². The van der Waals surface area contributed by atoms with Crippen molar-refractivity contribution in [1.29, 1.82) is 5.26 Å². The molecule has 0 saturated heterocycles. The maximum Gasteiger partial charge on any atom is 0.134 e. The fourth-order valence-electron chi connectivity index (χ4n) is 1.74. The summed E-state index contributed by atoms with van der Waals surface area (Å²) >= 11 is 0. The van der Waals surface area contributed by atoms with Crippen LogP contribution >= 0.6 is 0 Å². The summed E-state index contributed by atoms with van der Waals surface area (Å²) in [5, 5.41) is 11.6. The molecule has 6 nitrogen and oxygen atoms in total. The molecule has 2 heterocycles. The van der Waals surface area contributed by atoms with E-state index in [2.05, 4.69) is 26.3 Å². The van der Waals surface area contributed by atoms with Crippen LogP contribution in [0.1, 0.15) is 12.0 Å². The second-order valence-corrected chi connectivity index (χ2v) is 4.31. The molecule has 0 spiro atoms. The molecular formula is C14H16N6. The third kappa shape index (κ3) is 3.92. The van der Waals surface area contributed by atoms with Gasteiger partial charge in [0, 0.05) is 38.6 Å². The molecule has 0 atom stereocenters. The standard InChI is InChI=1S/C14H16N6/c1-20(10-12-3-7-16-8-4-12)14-9-13(18-11-19-14)17-6-2-5-15/h3-4,7-9,11H,2,6,10H2,1H3,(H,17,18,19). The summed E-state index contributed by atoms with van der Waals surface area (Å²) in [6.07, 6.45) is 5.52. The zero-order valence-electron chi connectivity index (χ0n) is 11.3. The zero-order valence-corrected chi connectivity index (χ0v) is 11.3. The van der Waals surface area contributed by atoms with Crippen molar-refractivity contribution < 1.29 is 0 Å². The molecule has 0 aliphatic carbocycles. The predicted molar refractivity (Wildman–Crippen MR) is 77.1 cm³/mol. The first-order valence-electron chi connectivity index (χ1n) is 6.32. The van der Waals surface area contributed by atoms with Crippen LogP contribution in [0.2, 0.25) is 0 Å². The number of nitrogens with one attached hydrogen (secondary N) is 1. The van der Waals surface area contributed by atoms with Crippen molar-refractivity contribution >= 4 is 11.6 Å². The first-order valence-corrected chi connectivity index (χ1v) is 6.32. The van der Waals surface area contributed by atoms with Gasteiger partial charge in [0.05, 0.1) is 12.5 Å². The lowest BCUT2D eigenvalue weighted by atomic mass is 10.2. The van der Waals surface area contributed by atoms with Crippen molar-refractivity contribution in [2.45, 2.75) is 13.0 Å². The number of anilines is 2. The van der Waals surface area contributed by atoms with Gasteiger partial charge in [-0.25, -0.2) is 9.97 Å². The molecule has 0 aliphatic rings. The van der Waals surface area contributed by atoms with E-state index in [1.54, 1.807) is 12.4 Å². The Bertz CT molecular complexity index is 578. The van der Waals surface area contributed by atoms with E-state index >= 15 is 0 Å². The summed E-state index contributed by atoms with van der Waals surface area (Å²) in [5.41, 5.74) is 1.17. The van der Waals surface area contributed by atoms with Gasteiger partial charge >= 0.3 is 0 Å². The molecule has 2 aromatic rings. The highest BCUT2D eigenvalue weighted by molar-refractivity contribution is 5.48. The van der Waals surface area contributed by atoms with Crippen LogP contribution in [0.5, 0.6) is 0 Å². The van der Waals surface area contributed by atoms with Crippen molar-refractivity contribution in [3.63, 3.8) is 0 Å². The van der Waals surface area contributed by atoms with Gasteiger partial charge in [0.15, 0.2) is 0 Å². The summed E-state index contributed by atoms with van der Waals surface area (Å²) in [5.74, 6) is 1.56. The Hall–Kier alpha value is -2.68. The summed E-state index contributed by atoms with van der Waals surface area (Å²) in [6, 6.07) is 7.91. The van der Waals surface area contributed by atoms with Crippen molar-refractivity contribution in [1.82, 2.24) is 15.0 Å². The number of hydrogen-bond acceptors (Lipinski definition) is 6. The fraction of sp³-hybridized carbons (Fsp3) is 0.286. The van der Waals surface area contributed by atoms with Crippen LogP contribution in [-0.2, 0) is 6.54 Å².